The van der Waals surface area contributed by atoms with Crippen LogP contribution < -0.4 is 0 Å². The molecule has 0 atom stereocenters. The number of aromatic nitrogens is 6. The molecule has 0 bridgehead atoms. The zero-order valence-corrected chi connectivity index (χ0v) is 17.6. The number of hydrogen-bond donors (Lipinski definition) is 1. The van der Waals surface area contributed by atoms with Crippen LogP contribution in [-0.2, 0) is 13.0 Å². The number of aromatic amines is 1. The van der Waals surface area contributed by atoms with Crippen molar-refractivity contribution in [2.45, 2.75) is 32.7 Å². The van der Waals surface area contributed by atoms with Crippen LogP contribution in [0.25, 0.3) is 33.5 Å². The van der Waals surface area contributed by atoms with E-state index in [4.69, 9.17) is 4.98 Å². The van der Waals surface area contributed by atoms with Gasteiger partial charge in [-0.25, -0.2) is 4.98 Å². The van der Waals surface area contributed by atoms with E-state index in [-0.39, 0.29) is 0 Å². The largest absolute Gasteiger partial charge is 0.323 e. The summed E-state index contributed by atoms with van der Waals surface area (Å²) in [6.45, 7) is 3.04. The maximum atomic E-state index is 4.89. The second-order valence-corrected chi connectivity index (χ2v) is 8.08. The quantitative estimate of drug-likeness (QED) is 0.390. The highest BCUT2D eigenvalue weighted by Crippen LogP contribution is 2.33. The summed E-state index contributed by atoms with van der Waals surface area (Å²) in [5, 5.41) is 18.7. The number of para-hydroxylation sites is 2. The Morgan fingerprint density at radius 1 is 1.00 bits per heavy atom. The molecule has 0 aliphatic rings. The molecule has 7 heteroatoms. The first kappa shape index (κ1) is 18.7. The van der Waals surface area contributed by atoms with E-state index >= 15 is 0 Å². The topological polar surface area (TPSA) is 72.3 Å². The summed E-state index contributed by atoms with van der Waals surface area (Å²) >= 11 is 1.64. The molecule has 3 heterocycles. The van der Waals surface area contributed by atoms with Gasteiger partial charge in [0.25, 0.3) is 0 Å². The maximum absolute atomic E-state index is 4.89. The summed E-state index contributed by atoms with van der Waals surface area (Å²) in [7, 11) is 0. The lowest BCUT2D eigenvalue weighted by Crippen LogP contribution is -2.05. The van der Waals surface area contributed by atoms with Crippen molar-refractivity contribution < 1.29 is 0 Å². The minimum Gasteiger partial charge on any atom is -0.323 e. The molecule has 5 aromatic rings. The van der Waals surface area contributed by atoms with Crippen LogP contribution in [0.5, 0.6) is 0 Å². The van der Waals surface area contributed by atoms with Gasteiger partial charge >= 0.3 is 0 Å². The Kier molecular flexibility index (Phi) is 5.11. The number of H-pyrrole nitrogens is 1. The number of thiophene rings is 1. The number of tetrazole rings is 1. The lowest BCUT2D eigenvalue weighted by atomic mass is 10.0. The van der Waals surface area contributed by atoms with Crippen LogP contribution in [-0.4, -0.2) is 30.2 Å². The van der Waals surface area contributed by atoms with Crippen LogP contribution in [0, 0.1) is 0 Å². The minimum absolute atomic E-state index is 0.626. The molecule has 0 saturated heterocycles. The van der Waals surface area contributed by atoms with Crippen molar-refractivity contribution in [3.8, 4) is 22.5 Å². The molecule has 0 amide bonds. The number of aryl methyl sites for hydroxylation is 1. The van der Waals surface area contributed by atoms with E-state index in [2.05, 4.69) is 91.4 Å². The van der Waals surface area contributed by atoms with Crippen LogP contribution in [0.4, 0.5) is 0 Å². The first-order valence-electron chi connectivity index (χ1n) is 10.2. The predicted octanol–water partition coefficient (Wildman–Crippen LogP) is 5.34. The van der Waals surface area contributed by atoms with E-state index < -0.39 is 0 Å². The molecule has 1 N–H and O–H groups in total. The molecule has 0 spiro atoms. The van der Waals surface area contributed by atoms with Crippen LogP contribution in [0.15, 0.2) is 59.3 Å². The third kappa shape index (κ3) is 3.52. The molecule has 2 aromatic carbocycles. The Labute approximate surface area is 178 Å². The van der Waals surface area contributed by atoms with Gasteiger partial charge in [-0.05, 0) is 40.3 Å². The van der Waals surface area contributed by atoms with E-state index in [1.54, 1.807) is 11.3 Å². The van der Waals surface area contributed by atoms with E-state index in [0.29, 0.717) is 5.82 Å². The fourth-order valence-corrected chi connectivity index (χ4v) is 4.61. The highest BCUT2D eigenvalue weighted by molar-refractivity contribution is 7.08. The van der Waals surface area contributed by atoms with Crippen LogP contribution >= 0.6 is 11.3 Å². The molecule has 0 fully saturated rings. The molecule has 0 aliphatic heterocycles. The van der Waals surface area contributed by atoms with Crippen molar-refractivity contribution in [1.29, 1.82) is 0 Å². The number of nitrogens with zero attached hydrogens (tertiary/aromatic N) is 5. The first-order chi connectivity index (χ1) is 14.8. The normalized spacial score (nSPS) is 11.4. The summed E-state index contributed by atoms with van der Waals surface area (Å²) in [6, 6.07) is 17.1. The number of rotatable bonds is 7. The van der Waals surface area contributed by atoms with Gasteiger partial charge in [0.05, 0.1) is 11.0 Å². The van der Waals surface area contributed by atoms with Crippen LogP contribution in [0.2, 0.25) is 0 Å². The van der Waals surface area contributed by atoms with Crippen molar-refractivity contribution in [3.05, 3.63) is 70.7 Å². The molecule has 3 aromatic heterocycles. The van der Waals surface area contributed by atoms with Crippen LogP contribution in [0.3, 0.4) is 0 Å². The van der Waals surface area contributed by atoms with Gasteiger partial charge in [-0.2, -0.15) is 16.6 Å². The van der Waals surface area contributed by atoms with Gasteiger partial charge in [-0.3, -0.25) is 0 Å². The molecular weight excluding hydrogens is 392 g/mol. The summed E-state index contributed by atoms with van der Waals surface area (Å²) < 4.78 is 2.36. The number of benzene rings is 2. The van der Waals surface area contributed by atoms with Gasteiger partial charge in [-0.1, -0.05) is 49.7 Å². The summed E-state index contributed by atoms with van der Waals surface area (Å²) in [4.78, 5) is 4.89. The Morgan fingerprint density at radius 2 is 1.83 bits per heavy atom. The smallest absolute Gasteiger partial charge is 0.206 e. The third-order valence-electron chi connectivity index (χ3n) is 5.34. The van der Waals surface area contributed by atoms with Crippen molar-refractivity contribution in [3.63, 3.8) is 0 Å². The number of fused-ring (bicyclic) bond motifs is 1. The fourth-order valence-electron chi connectivity index (χ4n) is 3.77. The number of hydrogen-bond acceptors (Lipinski definition) is 5. The van der Waals surface area contributed by atoms with Crippen LogP contribution in [0.1, 0.15) is 31.2 Å². The van der Waals surface area contributed by atoms with Gasteiger partial charge in [0.1, 0.15) is 5.82 Å². The van der Waals surface area contributed by atoms with Gasteiger partial charge in [-0.15, -0.1) is 10.2 Å². The number of imidazole rings is 1. The highest BCUT2D eigenvalue weighted by atomic mass is 32.1. The zero-order chi connectivity index (χ0) is 20.3. The second-order valence-electron chi connectivity index (χ2n) is 7.34. The standard InChI is InChI=1S/C23H22N6S/c1-2-3-8-22-24-20-6-4-5-7-21(20)29(22)13-16-9-11-17(12-10-16)18-14-30-15-19(18)23-25-27-28-26-23/h4-7,9-12,14-15H,2-3,8,13H2,1H3,(H,25,26,27,28). The van der Waals surface area contributed by atoms with Crippen molar-refractivity contribution in [2.24, 2.45) is 0 Å². The summed E-state index contributed by atoms with van der Waals surface area (Å²) in [5.74, 6) is 1.79. The summed E-state index contributed by atoms with van der Waals surface area (Å²) in [5.41, 5.74) is 6.82. The lowest BCUT2D eigenvalue weighted by Gasteiger charge is -2.10. The van der Waals surface area contributed by atoms with Gasteiger partial charge < -0.3 is 4.57 Å². The van der Waals surface area contributed by atoms with Crippen molar-refractivity contribution in [1.82, 2.24) is 30.2 Å². The molecule has 0 saturated carbocycles. The molecule has 6 nitrogen and oxygen atoms in total. The van der Waals surface area contributed by atoms with E-state index in [9.17, 15) is 0 Å². The Bertz CT molecular complexity index is 1250. The highest BCUT2D eigenvalue weighted by Gasteiger charge is 2.13. The Hall–Kier alpha value is -3.32. The van der Waals surface area contributed by atoms with E-state index in [1.165, 1.54) is 23.3 Å². The third-order valence-corrected chi connectivity index (χ3v) is 6.08. The average molecular weight is 415 g/mol. The maximum Gasteiger partial charge on any atom is 0.206 e. The lowest BCUT2D eigenvalue weighted by molar-refractivity contribution is 0.690. The molecule has 5 rings (SSSR count). The van der Waals surface area contributed by atoms with Crippen molar-refractivity contribution in [2.75, 3.05) is 0 Å². The monoisotopic (exact) mass is 414 g/mol. The molecule has 30 heavy (non-hydrogen) atoms. The fraction of sp³-hybridized carbons (Fsp3) is 0.217. The number of nitrogens with one attached hydrogen (secondary N) is 1. The zero-order valence-electron chi connectivity index (χ0n) is 16.7. The molecular formula is C23H22N6S. The van der Waals surface area contributed by atoms with Gasteiger partial charge in [0.15, 0.2) is 0 Å². The van der Waals surface area contributed by atoms with Crippen molar-refractivity contribution >= 4 is 22.4 Å². The Morgan fingerprint density at radius 3 is 2.63 bits per heavy atom. The molecule has 0 aliphatic carbocycles. The van der Waals surface area contributed by atoms with Gasteiger partial charge in [0.2, 0.25) is 5.82 Å². The summed E-state index contributed by atoms with van der Waals surface area (Å²) in [6.07, 6.45) is 3.33. The molecule has 150 valence electrons. The Balaban J connectivity index is 1.45. The van der Waals surface area contributed by atoms with Gasteiger partial charge in [0, 0.05) is 29.5 Å². The first-order valence-corrected chi connectivity index (χ1v) is 11.1. The second kappa shape index (κ2) is 8.20. The SMILES string of the molecule is CCCCc1nc2ccccc2n1Cc1ccc(-c2cscc2-c2nn[nH]n2)cc1. The van der Waals surface area contributed by atoms with E-state index in [1.807, 2.05) is 0 Å². The number of unbranched alkanes of at least 4 members (excludes halogenated alkanes) is 1. The molecule has 0 radical (unpaired) electrons. The molecule has 0 unspecified atom stereocenters. The predicted molar refractivity (Wildman–Crippen MR) is 120 cm³/mol. The average Bonchev–Trinajstić information content (AvgIpc) is 3.53. The minimum atomic E-state index is 0.626. The van der Waals surface area contributed by atoms with E-state index in [0.717, 1.165) is 41.6 Å².